The fraction of sp³-hybridized carbons (Fsp3) is 0.375. The fourth-order valence-corrected chi connectivity index (χ4v) is 4.65. The van der Waals surface area contributed by atoms with Gasteiger partial charge in [0.15, 0.2) is 0 Å². The largest absolute Gasteiger partial charge is 0.492 e. The molecule has 0 radical (unpaired) electrons. The molecule has 0 aliphatic carbocycles. The van der Waals surface area contributed by atoms with Crippen molar-refractivity contribution >= 4 is 16.8 Å². The number of carbonyl (C=O) groups is 1. The van der Waals surface area contributed by atoms with E-state index in [1.807, 2.05) is 12.1 Å². The van der Waals surface area contributed by atoms with Gasteiger partial charge in [-0.05, 0) is 61.8 Å². The molecule has 0 unspecified atom stereocenters. The van der Waals surface area contributed by atoms with E-state index in [4.69, 9.17) is 10.5 Å². The van der Waals surface area contributed by atoms with Gasteiger partial charge < -0.3 is 20.8 Å². The van der Waals surface area contributed by atoms with E-state index in [9.17, 15) is 4.79 Å². The SMILES string of the molecule is NCCOc1ccc(-c2cc3cc(CN4CCCCC4)ccc3[nH]2)c2c1CNC2=O. The molecule has 2 aliphatic rings. The van der Waals surface area contributed by atoms with Gasteiger partial charge in [-0.25, -0.2) is 0 Å². The summed E-state index contributed by atoms with van der Waals surface area (Å²) in [5, 5.41) is 4.11. The number of rotatable bonds is 6. The molecule has 6 nitrogen and oxygen atoms in total. The maximum atomic E-state index is 12.6. The summed E-state index contributed by atoms with van der Waals surface area (Å²) in [6.07, 6.45) is 3.95. The molecule has 0 atom stereocenters. The lowest BCUT2D eigenvalue weighted by Crippen LogP contribution is -2.28. The van der Waals surface area contributed by atoms with Gasteiger partial charge in [0, 0.05) is 47.4 Å². The van der Waals surface area contributed by atoms with Crippen molar-refractivity contribution in [3.63, 3.8) is 0 Å². The Morgan fingerprint density at radius 2 is 1.93 bits per heavy atom. The average molecular weight is 405 g/mol. The number of aromatic nitrogens is 1. The Hall–Kier alpha value is -2.83. The first-order chi connectivity index (χ1) is 14.7. The number of hydrogen-bond acceptors (Lipinski definition) is 4. The number of nitrogens with zero attached hydrogens (tertiary/aromatic N) is 1. The van der Waals surface area contributed by atoms with Crippen molar-refractivity contribution in [1.29, 1.82) is 0 Å². The lowest BCUT2D eigenvalue weighted by molar-refractivity contribution is 0.0966. The molecule has 0 bridgehead atoms. The van der Waals surface area contributed by atoms with Crippen molar-refractivity contribution in [3.05, 3.63) is 53.1 Å². The Kier molecular flexibility index (Phi) is 5.19. The first-order valence-corrected chi connectivity index (χ1v) is 10.8. The van der Waals surface area contributed by atoms with Crippen molar-refractivity contribution in [1.82, 2.24) is 15.2 Å². The van der Waals surface area contributed by atoms with Crippen LogP contribution in [0.5, 0.6) is 5.75 Å². The molecule has 1 aromatic heterocycles. The number of likely N-dealkylation sites (tertiary alicyclic amines) is 1. The molecule has 3 heterocycles. The maximum absolute atomic E-state index is 12.6. The number of amides is 1. The highest BCUT2D eigenvalue weighted by atomic mass is 16.5. The first-order valence-electron chi connectivity index (χ1n) is 10.8. The summed E-state index contributed by atoms with van der Waals surface area (Å²) in [7, 11) is 0. The molecule has 1 saturated heterocycles. The monoisotopic (exact) mass is 404 g/mol. The van der Waals surface area contributed by atoms with Crippen molar-refractivity contribution in [2.45, 2.75) is 32.4 Å². The number of nitrogens with two attached hydrogens (primary N) is 1. The van der Waals surface area contributed by atoms with Crippen LogP contribution in [0, 0.1) is 0 Å². The van der Waals surface area contributed by atoms with Gasteiger partial charge >= 0.3 is 0 Å². The lowest BCUT2D eigenvalue weighted by Gasteiger charge is -2.26. The zero-order valence-corrected chi connectivity index (χ0v) is 17.2. The second-order valence-electron chi connectivity index (χ2n) is 8.23. The van der Waals surface area contributed by atoms with E-state index in [-0.39, 0.29) is 5.91 Å². The van der Waals surface area contributed by atoms with Gasteiger partial charge in [-0.2, -0.15) is 0 Å². The fourth-order valence-electron chi connectivity index (χ4n) is 4.65. The topological polar surface area (TPSA) is 83.4 Å². The first kappa shape index (κ1) is 19.2. The van der Waals surface area contributed by atoms with Crippen LogP contribution in [0.25, 0.3) is 22.2 Å². The average Bonchev–Trinajstić information content (AvgIpc) is 3.37. The van der Waals surface area contributed by atoms with Gasteiger partial charge in [0.05, 0.1) is 5.56 Å². The number of nitrogens with one attached hydrogen (secondary N) is 2. The smallest absolute Gasteiger partial charge is 0.252 e. The number of hydrogen-bond donors (Lipinski definition) is 3. The predicted octanol–water partition coefficient (Wildman–Crippen LogP) is 3.40. The molecule has 30 heavy (non-hydrogen) atoms. The third kappa shape index (κ3) is 3.57. The molecule has 0 spiro atoms. The van der Waals surface area contributed by atoms with Gasteiger partial charge in [0.1, 0.15) is 12.4 Å². The minimum Gasteiger partial charge on any atom is -0.492 e. The molecular formula is C24H28N4O2. The third-order valence-corrected chi connectivity index (χ3v) is 6.13. The normalized spacial score (nSPS) is 16.6. The van der Waals surface area contributed by atoms with Crippen LogP contribution < -0.4 is 15.8 Å². The van der Waals surface area contributed by atoms with E-state index >= 15 is 0 Å². The summed E-state index contributed by atoms with van der Waals surface area (Å²) in [6.45, 7) is 4.75. The molecular weight excluding hydrogens is 376 g/mol. The summed E-state index contributed by atoms with van der Waals surface area (Å²) in [6, 6.07) is 12.7. The highest BCUT2D eigenvalue weighted by molar-refractivity contribution is 6.05. The molecule has 1 fully saturated rings. The highest BCUT2D eigenvalue weighted by Crippen LogP contribution is 2.36. The second-order valence-corrected chi connectivity index (χ2v) is 8.23. The lowest BCUT2D eigenvalue weighted by atomic mass is 9.99. The summed E-state index contributed by atoms with van der Waals surface area (Å²) in [5.41, 5.74) is 11.5. The molecule has 3 aromatic rings. The van der Waals surface area contributed by atoms with E-state index in [0.29, 0.717) is 25.3 Å². The van der Waals surface area contributed by atoms with Crippen LogP contribution in [-0.4, -0.2) is 42.0 Å². The quantitative estimate of drug-likeness (QED) is 0.588. The van der Waals surface area contributed by atoms with Gasteiger partial charge in [0.2, 0.25) is 0 Å². The Bertz CT molecular complexity index is 1080. The molecule has 2 aliphatic heterocycles. The van der Waals surface area contributed by atoms with Crippen LogP contribution in [0.3, 0.4) is 0 Å². The molecule has 156 valence electrons. The van der Waals surface area contributed by atoms with Crippen molar-refractivity contribution in [2.75, 3.05) is 26.2 Å². The van der Waals surface area contributed by atoms with Crippen molar-refractivity contribution in [2.24, 2.45) is 5.73 Å². The minimum atomic E-state index is -0.0531. The third-order valence-electron chi connectivity index (χ3n) is 6.13. The zero-order valence-electron chi connectivity index (χ0n) is 17.2. The van der Waals surface area contributed by atoms with E-state index in [0.717, 1.165) is 34.6 Å². The number of fused-ring (bicyclic) bond motifs is 2. The van der Waals surface area contributed by atoms with Crippen LogP contribution in [0.15, 0.2) is 36.4 Å². The van der Waals surface area contributed by atoms with Crippen LogP contribution in [0.1, 0.15) is 40.7 Å². The standard InChI is InChI=1S/C24H28N4O2/c25-8-11-30-22-7-5-18(23-19(22)14-26-24(23)29)21-13-17-12-16(4-6-20(17)27-21)15-28-9-2-1-3-10-28/h4-7,12-13,27H,1-3,8-11,14-15,25H2,(H,26,29). The van der Waals surface area contributed by atoms with Gasteiger partial charge in [-0.15, -0.1) is 0 Å². The Labute approximate surface area is 176 Å². The van der Waals surface area contributed by atoms with Gasteiger partial charge in [-0.3, -0.25) is 9.69 Å². The zero-order chi connectivity index (χ0) is 20.5. The predicted molar refractivity (Wildman–Crippen MR) is 119 cm³/mol. The van der Waals surface area contributed by atoms with Crippen molar-refractivity contribution in [3.8, 4) is 17.0 Å². The molecule has 2 aromatic carbocycles. The van der Waals surface area contributed by atoms with E-state index in [1.54, 1.807) is 0 Å². The summed E-state index contributed by atoms with van der Waals surface area (Å²) < 4.78 is 5.75. The van der Waals surface area contributed by atoms with Crippen LogP contribution in [0.2, 0.25) is 0 Å². The Morgan fingerprint density at radius 3 is 2.77 bits per heavy atom. The van der Waals surface area contributed by atoms with Gasteiger partial charge in [0.25, 0.3) is 5.91 Å². The Balaban J connectivity index is 1.47. The number of ether oxygens (including phenoxy) is 1. The molecule has 6 heteroatoms. The number of H-pyrrole nitrogens is 1. The van der Waals surface area contributed by atoms with Crippen LogP contribution in [-0.2, 0) is 13.1 Å². The van der Waals surface area contributed by atoms with Crippen molar-refractivity contribution < 1.29 is 9.53 Å². The summed E-state index contributed by atoms with van der Waals surface area (Å²) in [4.78, 5) is 18.6. The van der Waals surface area contributed by atoms with E-state index in [2.05, 4.69) is 39.5 Å². The molecule has 4 N–H and O–H groups in total. The van der Waals surface area contributed by atoms with Crippen LogP contribution >= 0.6 is 0 Å². The summed E-state index contributed by atoms with van der Waals surface area (Å²) in [5.74, 6) is 0.681. The molecule has 1 amide bonds. The Morgan fingerprint density at radius 1 is 1.07 bits per heavy atom. The second kappa shape index (κ2) is 8.13. The number of aromatic amines is 1. The summed E-state index contributed by atoms with van der Waals surface area (Å²) >= 11 is 0. The maximum Gasteiger partial charge on any atom is 0.252 e. The number of carbonyl (C=O) groups excluding carboxylic acids is 1. The van der Waals surface area contributed by atoms with Gasteiger partial charge in [-0.1, -0.05) is 12.5 Å². The molecule has 5 rings (SSSR count). The highest BCUT2D eigenvalue weighted by Gasteiger charge is 2.27. The number of piperidine rings is 1. The minimum absolute atomic E-state index is 0.0531. The van der Waals surface area contributed by atoms with Crippen LogP contribution in [0.4, 0.5) is 0 Å². The number of benzene rings is 2. The van der Waals surface area contributed by atoms with E-state index in [1.165, 1.54) is 43.3 Å². The van der Waals surface area contributed by atoms with E-state index < -0.39 is 0 Å². The molecule has 0 saturated carbocycles.